The predicted molar refractivity (Wildman–Crippen MR) is 51.5 cm³/mol. The van der Waals surface area contributed by atoms with Gasteiger partial charge < -0.3 is 10.1 Å². The van der Waals surface area contributed by atoms with Crippen LogP contribution < -0.4 is 5.32 Å². The smallest absolute Gasteiger partial charge is 0.323 e. The van der Waals surface area contributed by atoms with Crippen LogP contribution in [0.4, 0.5) is 0 Å². The average Bonchev–Trinajstić information content (AvgIpc) is 2.55. The second kappa shape index (κ2) is 5.22. The van der Waals surface area contributed by atoms with Crippen molar-refractivity contribution < 1.29 is 9.53 Å². The second-order valence-corrected chi connectivity index (χ2v) is 3.69. The van der Waals surface area contributed by atoms with E-state index < -0.39 is 0 Å². The highest BCUT2D eigenvalue weighted by molar-refractivity contribution is 5.76. The minimum Gasteiger partial charge on any atom is -0.462 e. The Bertz CT molecular complexity index is 164. The molecule has 0 unspecified atom stereocenters. The lowest BCUT2D eigenvalue weighted by atomic mass is 10.2. The SMILES string of the molecule is CCC[C@H](C)OC(=O)[C@H]1CCCN1. The van der Waals surface area contributed by atoms with Crippen LogP contribution in [-0.2, 0) is 9.53 Å². The molecule has 0 spiro atoms. The van der Waals surface area contributed by atoms with Crippen molar-refractivity contribution in [3.63, 3.8) is 0 Å². The molecule has 0 saturated carbocycles. The second-order valence-electron chi connectivity index (χ2n) is 3.69. The molecule has 76 valence electrons. The number of carbonyl (C=O) groups excluding carboxylic acids is 1. The summed E-state index contributed by atoms with van der Waals surface area (Å²) in [5, 5.41) is 3.13. The Hall–Kier alpha value is -0.570. The van der Waals surface area contributed by atoms with Gasteiger partial charge >= 0.3 is 5.97 Å². The Balaban J connectivity index is 2.23. The lowest BCUT2D eigenvalue weighted by molar-refractivity contribution is -0.150. The average molecular weight is 185 g/mol. The van der Waals surface area contributed by atoms with E-state index in [1.165, 1.54) is 0 Å². The first-order valence-corrected chi connectivity index (χ1v) is 5.18. The summed E-state index contributed by atoms with van der Waals surface area (Å²) >= 11 is 0. The highest BCUT2D eigenvalue weighted by Gasteiger charge is 2.24. The Kier molecular flexibility index (Phi) is 4.22. The third kappa shape index (κ3) is 3.35. The van der Waals surface area contributed by atoms with Gasteiger partial charge in [0.2, 0.25) is 0 Å². The van der Waals surface area contributed by atoms with Gasteiger partial charge in [-0.3, -0.25) is 4.79 Å². The molecule has 0 radical (unpaired) electrons. The molecule has 13 heavy (non-hydrogen) atoms. The highest BCUT2D eigenvalue weighted by Crippen LogP contribution is 2.09. The molecule has 0 aromatic carbocycles. The maximum absolute atomic E-state index is 11.4. The van der Waals surface area contributed by atoms with Gasteiger partial charge in [-0.15, -0.1) is 0 Å². The van der Waals surface area contributed by atoms with Crippen LogP contribution in [0, 0.1) is 0 Å². The summed E-state index contributed by atoms with van der Waals surface area (Å²) in [7, 11) is 0. The molecular weight excluding hydrogens is 166 g/mol. The van der Waals surface area contributed by atoms with Gasteiger partial charge in [-0.2, -0.15) is 0 Å². The third-order valence-corrected chi connectivity index (χ3v) is 2.36. The van der Waals surface area contributed by atoms with E-state index in [0.717, 1.165) is 32.2 Å². The standard InChI is InChI=1S/C10H19NO2/c1-3-5-8(2)13-10(12)9-6-4-7-11-9/h8-9,11H,3-7H2,1-2H3/t8-,9+/m0/s1. The molecule has 1 aliphatic rings. The fourth-order valence-electron chi connectivity index (χ4n) is 1.63. The summed E-state index contributed by atoms with van der Waals surface area (Å²) in [5.41, 5.74) is 0. The van der Waals surface area contributed by atoms with Crippen LogP contribution in [0.1, 0.15) is 39.5 Å². The van der Waals surface area contributed by atoms with E-state index in [0.29, 0.717) is 0 Å². The summed E-state index contributed by atoms with van der Waals surface area (Å²) in [6.07, 6.45) is 4.10. The molecule has 1 rings (SSSR count). The van der Waals surface area contributed by atoms with Crippen molar-refractivity contribution in [3.8, 4) is 0 Å². The summed E-state index contributed by atoms with van der Waals surface area (Å²) in [6.45, 7) is 5.00. The first kappa shape index (κ1) is 10.5. The molecule has 3 nitrogen and oxygen atoms in total. The van der Waals surface area contributed by atoms with Crippen molar-refractivity contribution in [1.29, 1.82) is 0 Å². The number of carbonyl (C=O) groups is 1. The maximum Gasteiger partial charge on any atom is 0.323 e. The summed E-state index contributed by atoms with van der Waals surface area (Å²) in [4.78, 5) is 11.4. The molecule has 0 aliphatic carbocycles. The molecule has 2 atom stereocenters. The molecule has 0 bridgehead atoms. The summed E-state index contributed by atoms with van der Waals surface area (Å²) in [6, 6.07) is -0.0423. The van der Waals surface area contributed by atoms with Crippen LogP contribution in [0.15, 0.2) is 0 Å². The Labute approximate surface area is 79.8 Å². The number of hydrogen-bond acceptors (Lipinski definition) is 3. The van der Waals surface area contributed by atoms with Crippen molar-refractivity contribution in [2.24, 2.45) is 0 Å². The number of rotatable bonds is 4. The lowest BCUT2D eigenvalue weighted by Gasteiger charge is -2.15. The quantitative estimate of drug-likeness (QED) is 0.674. The number of esters is 1. The molecule has 0 amide bonds. The summed E-state index contributed by atoms with van der Waals surface area (Å²) in [5.74, 6) is -0.0709. The van der Waals surface area contributed by atoms with Crippen LogP contribution in [0.25, 0.3) is 0 Å². The van der Waals surface area contributed by atoms with Crippen LogP contribution >= 0.6 is 0 Å². The maximum atomic E-state index is 11.4. The van der Waals surface area contributed by atoms with E-state index in [4.69, 9.17) is 4.74 Å². The third-order valence-electron chi connectivity index (χ3n) is 2.36. The largest absolute Gasteiger partial charge is 0.462 e. The molecule has 3 heteroatoms. The van der Waals surface area contributed by atoms with Gasteiger partial charge in [0.15, 0.2) is 0 Å². The van der Waals surface area contributed by atoms with Crippen molar-refractivity contribution in [1.82, 2.24) is 5.32 Å². The van der Waals surface area contributed by atoms with Crippen LogP contribution in [0.5, 0.6) is 0 Å². The number of ether oxygens (including phenoxy) is 1. The van der Waals surface area contributed by atoms with Gasteiger partial charge in [-0.05, 0) is 32.7 Å². The topological polar surface area (TPSA) is 38.3 Å². The molecule has 0 aromatic rings. The minimum atomic E-state index is -0.0709. The molecule has 1 N–H and O–H groups in total. The highest BCUT2D eigenvalue weighted by atomic mass is 16.5. The van der Waals surface area contributed by atoms with Gasteiger partial charge in [-0.25, -0.2) is 0 Å². The molecule has 1 aliphatic heterocycles. The van der Waals surface area contributed by atoms with E-state index in [9.17, 15) is 4.79 Å². The Morgan fingerprint density at radius 1 is 1.69 bits per heavy atom. The molecule has 0 aromatic heterocycles. The van der Waals surface area contributed by atoms with Crippen molar-refractivity contribution in [3.05, 3.63) is 0 Å². The zero-order valence-electron chi connectivity index (χ0n) is 8.51. The Morgan fingerprint density at radius 3 is 3.00 bits per heavy atom. The normalized spacial score (nSPS) is 24.3. The van der Waals surface area contributed by atoms with Crippen molar-refractivity contribution in [2.45, 2.75) is 51.7 Å². The first-order chi connectivity index (χ1) is 6.24. The van der Waals surface area contributed by atoms with E-state index >= 15 is 0 Å². The van der Waals surface area contributed by atoms with Gasteiger partial charge in [-0.1, -0.05) is 13.3 Å². The minimum absolute atomic E-state index is 0.0423. The predicted octanol–water partition coefficient (Wildman–Crippen LogP) is 1.47. The fourth-order valence-corrected chi connectivity index (χ4v) is 1.63. The van der Waals surface area contributed by atoms with Gasteiger partial charge in [0.05, 0.1) is 6.10 Å². The van der Waals surface area contributed by atoms with Gasteiger partial charge in [0.1, 0.15) is 6.04 Å². The van der Waals surface area contributed by atoms with E-state index in [1.807, 2.05) is 6.92 Å². The first-order valence-electron chi connectivity index (χ1n) is 5.18. The van der Waals surface area contributed by atoms with Crippen molar-refractivity contribution in [2.75, 3.05) is 6.54 Å². The van der Waals surface area contributed by atoms with Crippen molar-refractivity contribution >= 4 is 5.97 Å². The van der Waals surface area contributed by atoms with E-state index in [-0.39, 0.29) is 18.1 Å². The zero-order chi connectivity index (χ0) is 9.68. The Morgan fingerprint density at radius 2 is 2.46 bits per heavy atom. The molecule has 1 saturated heterocycles. The fraction of sp³-hybridized carbons (Fsp3) is 0.900. The lowest BCUT2D eigenvalue weighted by Crippen LogP contribution is -2.34. The zero-order valence-corrected chi connectivity index (χ0v) is 8.51. The summed E-state index contributed by atoms with van der Waals surface area (Å²) < 4.78 is 5.27. The van der Waals surface area contributed by atoms with E-state index in [1.54, 1.807) is 0 Å². The van der Waals surface area contributed by atoms with Crippen LogP contribution in [0.2, 0.25) is 0 Å². The van der Waals surface area contributed by atoms with E-state index in [2.05, 4.69) is 12.2 Å². The molecule has 1 heterocycles. The number of hydrogen-bond donors (Lipinski definition) is 1. The van der Waals surface area contributed by atoms with Crippen LogP contribution in [-0.4, -0.2) is 24.7 Å². The molecular formula is C10H19NO2. The molecule has 1 fully saturated rings. The van der Waals surface area contributed by atoms with Gasteiger partial charge in [0, 0.05) is 0 Å². The monoisotopic (exact) mass is 185 g/mol. The van der Waals surface area contributed by atoms with Gasteiger partial charge in [0.25, 0.3) is 0 Å². The number of nitrogens with one attached hydrogen (secondary N) is 1. The van der Waals surface area contributed by atoms with Crippen LogP contribution in [0.3, 0.4) is 0 Å².